The van der Waals surface area contributed by atoms with Gasteiger partial charge in [0.25, 0.3) is 5.56 Å². The number of ether oxygens (including phenoxy) is 1. The van der Waals surface area contributed by atoms with E-state index in [1.165, 1.54) is 0 Å². The van der Waals surface area contributed by atoms with E-state index < -0.39 is 11.7 Å². The number of carbonyl (C=O) groups is 2. The highest BCUT2D eigenvalue weighted by Crippen LogP contribution is 2.17. The van der Waals surface area contributed by atoms with Crippen LogP contribution < -0.4 is 16.2 Å². The van der Waals surface area contributed by atoms with Gasteiger partial charge < -0.3 is 15.4 Å². The Balaban J connectivity index is 2.03. The second-order valence-corrected chi connectivity index (χ2v) is 8.21. The summed E-state index contributed by atoms with van der Waals surface area (Å²) in [7, 11) is 0. The molecule has 0 saturated carbocycles. The number of H-pyrrole nitrogens is 1. The number of carbonyl (C=O) groups excluding carboxylic acids is 2. The molecule has 2 rings (SSSR count). The summed E-state index contributed by atoms with van der Waals surface area (Å²) < 4.78 is 5.24. The van der Waals surface area contributed by atoms with E-state index in [0.29, 0.717) is 17.0 Å². The van der Waals surface area contributed by atoms with Gasteiger partial charge in [0.2, 0.25) is 5.91 Å². The average molecular weight is 435 g/mol. The molecule has 3 N–H and O–H groups in total. The SMILES string of the molecule is CCc1cn[nH]c(=O)c1CC(=O)NCc1cc(Cl)ccc1CNC(=O)OC(C)(C)C. The van der Waals surface area contributed by atoms with Crippen LogP contribution >= 0.6 is 11.6 Å². The number of aromatic amines is 1. The molecule has 30 heavy (non-hydrogen) atoms. The van der Waals surface area contributed by atoms with Crippen LogP contribution in [0.2, 0.25) is 5.02 Å². The van der Waals surface area contributed by atoms with Gasteiger partial charge in [0.15, 0.2) is 0 Å². The number of aromatic nitrogens is 2. The van der Waals surface area contributed by atoms with Crippen LogP contribution in [0.25, 0.3) is 0 Å². The smallest absolute Gasteiger partial charge is 0.407 e. The fourth-order valence-electron chi connectivity index (χ4n) is 2.79. The summed E-state index contributed by atoms with van der Waals surface area (Å²) in [6.07, 6.45) is 1.58. The van der Waals surface area contributed by atoms with Crippen molar-refractivity contribution in [2.75, 3.05) is 0 Å². The monoisotopic (exact) mass is 434 g/mol. The Morgan fingerprint density at radius 1 is 1.13 bits per heavy atom. The number of benzene rings is 1. The van der Waals surface area contributed by atoms with E-state index in [1.807, 2.05) is 6.92 Å². The number of rotatable bonds is 7. The molecule has 0 aliphatic carbocycles. The highest BCUT2D eigenvalue weighted by atomic mass is 35.5. The number of halogens is 1. The van der Waals surface area contributed by atoms with Gasteiger partial charge in [0, 0.05) is 23.7 Å². The molecule has 162 valence electrons. The summed E-state index contributed by atoms with van der Waals surface area (Å²) in [4.78, 5) is 36.3. The fourth-order valence-corrected chi connectivity index (χ4v) is 2.98. The van der Waals surface area contributed by atoms with Crippen LogP contribution in [0.3, 0.4) is 0 Å². The van der Waals surface area contributed by atoms with Crippen molar-refractivity contribution in [3.8, 4) is 0 Å². The summed E-state index contributed by atoms with van der Waals surface area (Å²) in [5.41, 5.74) is 1.73. The quantitative estimate of drug-likeness (QED) is 0.620. The number of nitrogens with one attached hydrogen (secondary N) is 3. The van der Waals surface area contributed by atoms with Gasteiger partial charge in [0.1, 0.15) is 5.60 Å². The van der Waals surface area contributed by atoms with Crippen LogP contribution in [0.4, 0.5) is 4.79 Å². The van der Waals surface area contributed by atoms with E-state index in [1.54, 1.807) is 45.2 Å². The standard InChI is InChI=1S/C21H27ClN4O4/c1-5-13-12-25-26-19(28)17(13)9-18(27)23-11-15-8-16(22)7-6-14(15)10-24-20(29)30-21(2,3)4/h6-8,12H,5,9-11H2,1-4H3,(H,23,27)(H,24,29)(H,26,28). The van der Waals surface area contributed by atoms with Gasteiger partial charge in [-0.1, -0.05) is 24.6 Å². The third kappa shape index (κ3) is 7.18. The molecule has 2 aromatic rings. The number of hydrogen-bond donors (Lipinski definition) is 3. The molecule has 0 fully saturated rings. The zero-order valence-electron chi connectivity index (χ0n) is 17.6. The Hall–Kier alpha value is -2.87. The summed E-state index contributed by atoms with van der Waals surface area (Å²) in [6.45, 7) is 7.68. The molecule has 0 unspecified atom stereocenters. The first-order valence-electron chi connectivity index (χ1n) is 9.65. The van der Waals surface area contributed by atoms with Crippen molar-refractivity contribution in [3.63, 3.8) is 0 Å². The molecule has 9 heteroatoms. The molecule has 0 aliphatic heterocycles. The van der Waals surface area contributed by atoms with E-state index in [0.717, 1.165) is 16.7 Å². The van der Waals surface area contributed by atoms with Gasteiger partial charge in [-0.25, -0.2) is 9.89 Å². The maximum absolute atomic E-state index is 12.4. The third-order valence-corrected chi connectivity index (χ3v) is 4.47. The summed E-state index contributed by atoms with van der Waals surface area (Å²) >= 11 is 6.09. The van der Waals surface area contributed by atoms with Crippen LogP contribution in [0.1, 0.15) is 49.9 Å². The van der Waals surface area contributed by atoms with E-state index in [-0.39, 0.29) is 31.0 Å². The van der Waals surface area contributed by atoms with Crippen LogP contribution in [0.15, 0.2) is 29.2 Å². The lowest BCUT2D eigenvalue weighted by Crippen LogP contribution is -2.33. The first-order valence-corrected chi connectivity index (χ1v) is 10.0. The molecule has 0 spiro atoms. The average Bonchev–Trinajstić information content (AvgIpc) is 2.65. The van der Waals surface area contributed by atoms with Crippen molar-refractivity contribution in [3.05, 3.63) is 62.0 Å². The van der Waals surface area contributed by atoms with Crippen LogP contribution in [0.5, 0.6) is 0 Å². The zero-order chi connectivity index (χ0) is 22.3. The number of aryl methyl sites for hydroxylation is 1. The summed E-state index contributed by atoms with van der Waals surface area (Å²) in [6, 6.07) is 5.22. The summed E-state index contributed by atoms with van der Waals surface area (Å²) in [5.74, 6) is -0.299. The maximum Gasteiger partial charge on any atom is 0.407 e. The van der Waals surface area contributed by atoms with Gasteiger partial charge in [0.05, 0.1) is 12.6 Å². The topological polar surface area (TPSA) is 113 Å². The third-order valence-electron chi connectivity index (χ3n) is 4.23. The zero-order valence-corrected chi connectivity index (χ0v) is 18.4. The Kier molecular flexibility index (Phi) is 8.00. The van der Waals surface area contributed by atoms with E-state index in [4.69, 9.17) is 16.3 Å². The molecule has 8 nitrogen and oxygen atoms in total. The molecule has 0 radical (unpaired) electrons. The number of hydrogen-bond acceptors (Lipinski definition) is 5. The molecule has 0 saturated heterocycles. The predicted octanol–water partition coefficient (Wildman–Crippen LogP) is 2.87. The predicted molar refractivity (Wildman–Crippen MR) is 114 cm³/mol. The Morgan fingerprint density at radius 2 is 1.83 bits per heavy atom. The normalized spacial score (nSPS) is 11.1. The maximum atomic E-state index is 12.4. The van der Waals surface area contributed by atoms with Crippen LogP contribution in [0, 0.1) is 0 Å². The van der Waals surface area contributed by atoms with Crippen LogP contribution in [-0.4, -0.2) is 27.8 Å². The molecule has 0 bridgehead atoms. The minimum atomic E-state index is -0.594. The van der Waals surface area contributed by atoms with Crippen molar-refractivity contribution >= 4 is 23.6 Å². The molecule has 2 amide bonds. The van der Waals surface area contributed by atoms with Crippen molar-refractivity contribution in [1.82, 2.24) is 20.8 Å². The van der Waals surface area contributed by atoms with E-state index >= 15 is 0 Å². The van der Waals surface area contributed by atoms with E-state index in [9.17, 15) is 14.4 Å². The molecule has 1 heterocycles. The van der Waals surface area contributed by atoms with Gasteiger partial charge in [-0.3, -0.25) is 9.59 Å². The lowest BCUT2D eigenvalue weighted by Gasteiger charge is -2.20. The largest absolute Gasteiger partial charge is 0.444 e. The first kappa shape index (κ1) is 23.4. The highest BCUT2D eigenvalue weighted by molar-refractivity contribution is 6.30. The Labute approximate surface area is 180 Å². The van der Waals surface area contributed by atoms with Gasteiger partial charge in [-0.2, -0.15) is 5.10 Å². The van der Waals surface area contributed by atoms with Gasteiger partial charge >= 0.3 is 6.09 Å². The van der Waals surface area contributed by atoms with Crippen molar-refractivity contribution < 1.29 is 14.3 Å². The molecule has 1 aromatic heterocycles. The Bertz CT molecular complexity index is 966. The van der Waals surface area contributed by atoms with Crippen molar-refractivity contribution in [2.24, 2.45) is 0 Å². The number of nitrogens with zero attached hydrogens (tertiary/aromatic N) is 1. The highest BCUT2D eigenvalue weighted by Gasteiger charge is 2.17. The molecule has 0 atom stereocenters. The molecule has 0 aliphatic rings. The van der Waals surface area contributed by atoms with E-state index in [2.05, 4.69) is 20.8 Å². The Morgan fingerprint density at radius 3 is 2.50 bits per heavy atom. The minimum absolute atomic E-state index is 0.0485. The van der Waals surface area contributed by atoms with Gasteiger partial charge in [-0.05, 0) is 56.0 Å². The molecule has 1 aromatic carbocycles. The lowest BCUT2D eigenvalue weighted by atomic mass is 10.1. The number of alkyl carbamates (subject to hydrolysis) is 1. The van der Waals surface area contributed by atoms with Crippen molar-refractivity contribution in [1.29, 1.82) is 0 Å². The fraction of sp³-hybridized carbons (Fsp3) is 0.429. The number of amides is 2. The lowest BCUT2D eigenvalue weighted by molar-refractivity contribution is -0.120. The van der Waals surface area contributed by atoms with Gasteiger partial charge in [-0.15, -0.1) is 0 Å². The first-order chi connectivity index (χ1) is 14.1. The molecular weight excluding hydrogens is 408 g/mol. The second kappa shape index (κ2) is 10.2. The molecular formula is C21H27ClN4O4. The van der Waals surface area contributed by atoms with Crippen LogP contribution in [-0.2, 0) is 35.5 Å². The summed E-state index contributed by atoms with van der Waals surface area (Å²) in [5, 5.41) is 12.1. The second-order valence-electron chi connectivity index (χ2n) is 7.78. The van der Waals surface area contributed by atoms with Crippen molar-refractivity contribution in [2.45, 2.75) is 59.2 Å². The minimum Gasteiger partial charge on any atom is -0.444 e.